The van der Waals surface area contributed by atoms with Crippen LogP contribution in [0.1, 0.15) is 39.1 Å². The molecular formula is C23H24N2O4. The van der Waals surface area contributed by atoms with Crippen LogP contribution >= 0.6 is 0 Å². The molecule has 0 atom stereocenters. The molecule has 0 fully saturated rings. The van der Waals surface area contributed by atoms with Gasteiger partial charge in [-0.1, -0.05) is 18.2 Å². The van der Waals surface area contributed by atoms with Gasteiger partial charge in [0.05, 0.1) is 11.8 Å². The molecule has 0 saturated heterocycles. The Morgan fingerprint density at radius 1 is 0.966 bits per heavy atom. The van der Waals surface area contributed by atoms with E-state index < -0.39 is 0 Å². The third-order valence-corrected chi connectivity index (χ3v) is 4.61. The van der Waals surface area contributed by atoms with Crippen LogP contribution < -0.4 is 10.6 Å². The van der Waals surface area contributed by atoms with Gasteiger partial charge in [0.1, 0.15) is 6.26 Å². The van der Waals surface area contributed by atoms with E-state index in [0.29, 0.717) is 29.8 Å². The van der Waals surface area contributed by atoms with E-state index in [2.05, 4.69) is 10.6 Å². The summed E-state index contributed by atoms with van der Waals surface area (Å²) in [5, 5.41) is 14.5. The highest BCUT2D eigenvalue weighted by molar-refractivity contribution is 6.04. The highest BCUT2D eigenvalue weighted by atomic mass is 16.3. The zero-order valence-electron chi connectivity index (χ0n) is 16.3. The smallest absolute Gasteiger partial charge is 0.258 e. The third kappa shape index (κ3) is 5.33. The second-order valence-corrected chi connectivity index (χ2v) is 6.76. The van der Waals surface area contributed by atoms with E-state index >= 15 is 0 Å². The molecule has 2 aromatic carbocycles. The number of hydrogen-bond acceptors (Lipinski definition) is 4. The standard InChI is InChI=1S/C23H24N2O4/c1-16-4-9-20(25-23(28)19-10-13-29-15-19)14-21(16)17-5-7-18(8-6-17)22(27)24-11-2-3-12-26/h4-10,13-15,26H,2-3,11-12H2,1H3,(H,24,27)(H,25,28). The van der Waals surface area contributed by atoms with E-state index in [1.165, 1.54) is 12.5 Å². The Bertz CT molecular complexity index is 963. The molecule has 3 rings (SSSR count). The van der Waals surface area contributed by atoms with Crippen molar-refractivity contribution in [1.82, 2.24) is 5.32 Å². The SMILES string of the molecule is Cc1ccc(NC(=O)c2ccoc2)cc1-c1ccc(C(=O)NCCCCO)cc1. The minimum Gasteiger partial charge on any atom is -0.472 e. The molecule has 29 heavy (non-hydrogen) atoms. The van der Waals surface area contributed by atoms with E-state index in [9.17, 15) is 9.59 Å². The number of unbranched alkanes of at least 4 members (excludes halogenated alkanes) is 1. The number of rotatable bonds is 8. The fourth-order valence-corrected chi connectivity index (χ4v) is 2.95. The first-order chi connectivity index (χ1) is 14.1. The molecule has 6 heteroatoms. The molecule has 1 heterocycles. The summed E-state index contributed by atoms with van der Waals surface area (Å²) in [7, 11) is 0. The number of hydrogen-bond donors (Lipinski definition) is 3. The molecule has 0 radical (unpaired) electrons. The van der Waals surface area contributed by atoms with Gasteiger partial charge in [-0.3, -0.25) is 9.59 Å². The fourth-order valence-electron chi connectivity index (χ4n) is 2.95. The molecule has 150 valence electrons. The molecule has 2 amide bonds. The van der Waals surface area contributed by atoms with Gasteiger partial charge >= 0.3 is 0 Å². The van der Waals surface area contributed by atoms with Gasteiger partial charge in [0.15, 0.2) is 0 Å². The molecule has 0 aliphatic carbocycles. The second kappa shape index (κ2) is 9.71. The minimum atomic E-state index is -0.234. The summed E-state index contributed by atoms with van der Waals surface area (Å²) >= 11 is 0. The first-order valence-corrected chi connectivity index (χ1v) is 9.52. The van der Waals surface area contributed by atoms with E-state index in [1.807, 2.05) is 37.3 Å². The van der Waals surface area contributed by atoms with Crippen LogP contribution in [-0.4, -0.2) is 30.1 Å². The van der Waals surface area contributed by atoms with Gasteiger partial charge in [0, 0.05) is 24.4 Å². The van der Waals surface area contributed by atoms with Crippen LogP contribution in [0.2, 0.25) is 0 Å². The molecule has 6 nitrogen and oxygen atoms in total. The maximum absolute atomic E-state index is 12.2. The highest BCUT2D eigenvalue weighted by Crippen LogP contribution is 2.27. The fraction of sp³-hybridized carbons (Fsp3) is 0.217. The van der Waals surface area contributed by atoms with E-state index in [1.54, 1.807) is 18.2 Å². The average Bonchev–Trinajstić information content (AvgIpc) is 3.28. The summed E-state index contributed by atoms with van der Waals surface area (Å²) in [4.78, 5) is 24.4. The molecule has 3 aromatic rings. The van der Waals surface area contributed by atoms with Crippen LogP contribution in [0.25, 0.3) is 11.1 Å². The lowest BCUT2D eigenvalue weighted by Gasteiger charge is -2.11. The van der Waals surface area contributed by atoms with Crippen molar-refractivity contribution in [3.05, 3.63) is 77.7 Å². The quantitative estimate of drug-likeness (QED) is 0.505. The van der Waals surface area contributed by atoms with E-state index in [-0.39, 0.29) is 18.4 Å². The van der Waals surface area contributed by atoms with Crippen molar-refractivity contribution in [2.75, 3.05) is 18.5 Å². The minimum absolute atomic E-state index is 0.130. The van der Waals surface area contributed by atoms with Gasteiger partial charge in [0.2, 0.25) is 0 Å². The number of furan rings is 1. The van der Waals surface area contributed by atoms with Gasteiger partial charge in [-0.25, -0.2) is 0 Å². The lowest BCUT2D eigenvalue weighted by molar-refractivity contribution is 0.0951. The number of aliphatic hydroxyl groups excluding tert-OH is 1. The second-order valence-electron chi connectivity index (χ2n) is 6.76. The van der Waals surface area contributed by atoms with Crippen molar-refractivity contribution in [2.45, 2.75) is 19.8 Å². The highest BCUT2D eigenvalue weighted by Gasteiger charge is 2.10. The van der Waals surface area contributed by atoms with Gasteiger partial charge in [-0.2, -0.15) is 0 Å². The summed E-state index contributed by atoms with van der Waals surface area (Å²) in [6, 6.07) is 14.7. The van der Waals surface area contributed by atoms with E-state index in [4.69, 9.17) is 9.52 Å². The topological polar surface area (TPSA) is 91.6 Å². The molecule has 0 aliphatic heterocycles. The third-order valence-electron chi connectivity index (χ3n) is 4.61. The van der Waals surface area contributed by atoms with Gasteiger partial charge < -0.3 is 20.2 Å². The zero-order valence-corrected chi connectivity index (χ0v) is 16.3. The van der Waals surface area contributed by atoms with Crippen LogP contribution in [0.5, 0.6) is 0 Å². The molecule has 1 aromatic heterocycles. The number of aryl methyl sites for hydroxylation is 1. The van der Waals surface area contributed by atoms with Crippen molar-refractivity contribution in [2.24, 2.45) is 0 Å². The van der Waals surface area contributed by atoms with Crippen LogP contribution in [0.3, 0.4) is 0 Å². The Morgan fingerprint density at radius 3 is 2.45 bits per heavy atom. The molecule has 3 N–H and O–H groups in total. The van der Waals surface area contributed by atoms with Crippen LogP contribution in [0.15, 0.2) is 65.5 Å². The Morgan fingerprint density at radius 2 is 1.76 bits per heavy atom. The number of anilines is 1. The van der Waals surface area contributed by atoms with Crippen molar-refractivity contribution in [1.29, 1.82) is 0 Å². The van der Waals surface area contributed by atoms with Gasteiger partial charge in [-0.15, -0.1) is 0 Å². The molecule has 0 unspecified atom stereocenters. The van der Waals surface area contributed by atoms with Crippen molar-refractivity contribution >= 4 is 17.5 Å². The molecule has 0 saturated carbocycles. The number of amides is 2. The maximum Gasteiger partial charge on any atom is 0.258 e. The molecular weight excluding hydrogens is 368 g/mol. The average molecular weight is 392 g/mol. The lowest BCUT2D eigenvalue weighted by atomic mass is 9.98. The van der Waals surface area contributed by atoms with Crippen molar-refractivity contribution < 1.29 is 19.1 Å². The predicted octanol–water partition coefficient (Wildman–Crippen LogP) is 4.01. The predicted molar refractivity (Wildman–Crippen MR) is 112 cm³/mol. The lowest BCUT2D eigenvalue weighted by Crippen LogP contribution is -2.24. The monoisotopic (exact) mass is 392 g/mol. The number of benzene rings is 2. The van der Waals surface area contributed by atoms with Crippen LogP contribution in [0.4, 0.5) is 5.69 Å². The van der Waals surface area contributed by atoms with Gasteiger partial charge in [-0.05, 0) is 66.8 Å². The van der Waals surface area contributed by atoms with E-state index in [0.717, 1.165) is 23.1 Å². The molecule has 0 spiro atoms. The number of aliphatic hydroxyl groups is 1. The Balaban J connectivity index is 1.71. The largest absolute Gasteiger partial charge is 0.472 e. The summed E-state index contributed by atoms with van der Waals surface area (Å²) in [6.45, 7) is 2.67. The summed E-state index contributed by atoms with van der Waals surface area (Å²) in [5.74, 6) is -0.367. The Hall–Kier alpha value is -3.38. The number of carbonyl (C=O) groups is 2. The van der Waals surface area contributed by atoms with Crippen LogP contribution in [0, 0.1) is 6.92 Å². The van der Waals surface area contributed by atoms with Crippen LogP contribution in [-0.2, 0) is 0 Å². The Kier molecular flexibility index (Phi) is 6.81. The maximum atomic E-state index is 12.2. The normalized spacial score (nSPS) is 10.6. The first-order valence-electron chi connectivity index (χ1n) is 9.52. The molecule has 0 aliphatic rings. The number of nitrogens with one attached hydrogen (secondary N) is 2. The first kappa shape index (κ1) is 20.4. The number of carbonyl (C=O) groups excluding carboxylic acids is 2. The zero-order chi connectivity index (χ0) is 20.6. The van der Waals surface area contributed by atoms with Crippen molar-refractivity contribution in [3.63, 3.8) is 0 Å². The molecule has 0 bridgehead atoms. The van der Waals surface area contributed by atoms with Gasteiger partial charge in [0.25, 0.3) is 11.8 Å². The summed E-state index contributed by atoms with van der Waals surface area (Å²) in [6.07, 6.45) is 4.28. The summed E-state index contributed by atoms with van der Waals surface area (Å²) in [5.41, 5.74) is 4.72. The Labute approximate surface area is 169 Å². The van der Waals surface area contributed by atoms with Crippen molar-refractivity contribution in [3.8, 4) is 11.1 Å². The summed E-state index contributed by atoms with van der Waals surface area (Å²) < 4.78 is 4.95.